The Morgan fingerprint density at radius 1 is 0.327 bits per heavy atom. The second-order valence-electron chi connectivity index (χ2n) is 15.3. The van der Waals surface area contributed by atoms with Crippen molar-refractivity contribution in [3.63, 3.8) is 0 Å². The first-order chi connectivity index (χ1) is 25.8. The summed E-state index contributed by atoms with van der Waals surface area (Å²) in [5, 5.41) is 10.7. The standard InChI is InChI=1S/C50H42N2/c1-7-26-51(27-8-1)36-21-23-45-46(31-36)48(35-19-18-33-12-3-4-13-34(33)30-35)44-22-20-37(52-28-9-2-10-29-52)32-47(44)50(45)43-25-24-42-39-15-6-5-14-38(39)40-16-11-17-41(43)49(40)42/h3-6,11-25,30-32H,1-2,7-10,26-29H2. The Morgan fingerprint density at radius 3 is 1.58 bits per heavy atom. The summed E-state index contributed by atoms with van der Waals surface area (Å²) in [7, 11) is 0. The molecular formula is C50H42N2. The molecule has 1 aliphatic carbocycles. The third-order valence-corrected chi connectivity index (χ3v) is 12.4. The molecule has 0 amide bonds. The van der Waals surface area contributed by atoms with E-state index in [-0.39, 0.29) is 0 Å². The van der Waals surface area contributed by atoms with Gasteiger partial charge in [-0.25, -0.2) is 0 Å². The van der Waals surface area contributed by atoms with Crippen molar-refractivity contribution in [2.75, 3.05) is 36.0 Å². The van der Waals surface area contributed by atoms with Gasteiger partial charge in [0.05, 0.1) is 0 Å². The molecule has 0 aromatic heterocycles. The summed E-state index contributed by atoms with van der Waals surface area (Å²) in [6.45, 7) is 4.52. The normalized spacial score (nSPS) is 15.6. The number of benzene rings is 8. The number of piperidine rings is 2. The molecule has 252 valence electrons. The zero-order chi connectivity index (χ0) is 34.2. The maximum Gasteiger partial charge on any atom is 0.0372 e. The van der Waals surface area contributed by atoms with Crippen molar-refractivity contribution in [3.05, 3.63) is 133 Å². The second-order valence-corrected chi connectivity index (χ2v) is 15.3. The van der Waals surface area contributed by atoms with Crippen molar-refractivity contribution in [1.82, 2.24) is 0 Å². The molecule has 0 saturated carbocycles. The minimum absolute atomic E-state index is 1.13. The molecule has 8 aromatic carbocycles. The van der Waals surface area contributed by atoms with Crippen molar-refractivity contribution in [2.24, 2.45) is 0 Å². The van der Waals surface area contributed by atoms with Crippen molar-refractivity contribution in [2.45, 2.75) is 38.5 Å². The fraction of sp³-hybridized carbons (Fsp3) is 0.200. The summed E-state index contributed by atoms with van der Waals surface area (Å²) < 4.78 is 0. The van der Waals surface area contributed by atoms with E-state index < -0.39 is 0 Å². The molecule has 0 unspecified atom stereocenters. The van der Waals surface area contributed by atoms with Crippen LogP contribution in [0.2, 0.25) is 0 Å². The minimum atomic E-state index is 1.13. The van der Waals surface area contributed by atoms with E-state index in [9.17, 15) is 0 Å². The summed E-state index contributed by atoms with van der Waals surface area (Å²) in [5.74, 6) is 0. The number of fused-ring (bicyclic) bond motifs is 6. The highest BCUT2D eigenvalue weighted by Gasteiger charge is 2.26. The highest BCUT2D eigenvalue weighted by atomic mass is 15.1. The van der Waals surface area contributed by atoms with E-state index in [4.69, 9.17) is 0 Å². The average molecular weight is 671 g/mol. The minimum Gasteiger partial charge on any atom is -0.372 e. The summed E-state index contributed by atoms with van der Waals surface area (Å²) in [5.41, 5.74) is 13.4. The summed E-state index contributed by atoms with van der Waals surface area (Å²) in [6.07, 6.45) is 7.71. The smallest absolute Gasteiger partial charge is 0.0372 e. The molecule has 52 heavy (non-hydrogen) atoms. The summed E-state index contributed by atoms with van der Waals surface area (Å²) in [6, 6.07) is 51.4. The van der Waals surface area contributed by atoms with Gasteiger partial charge in [0.1, 0.15) is 0 Å². The maximum atomic E-state index is 2.62. The van der Waals surface area contributed by atoms with Crippen molar-refractivity contribution < 1.29 is 0 Å². The van der Waals surface area contributed by atoms with Gasteiger partial charge in [0.25, 0.3) is 0 Å². The predicted octanol–water partition coefficient (Wildman–Crippen LogP) is 13.3. The number of rotatable bonds is 4. The lowest BCUT2D eigenvalue weighted by Crippen LogP contribution is -2.29. The highest BCUT2D eigenvalue weighted by Crippen LogP contribution is 2.52. The lowest BCUT2D eigenvalue weighted by Gasteiger charge is -2.30. The monoisotopic (exact) mass is 670 g/mol. The Balaban J connectivity index is 1.26. The van der Waals surface area contributed by atoms with Crippen LogP contribution >= 0.6 is 0 Å². The molecule has 0 N–H and O–H groups in total. The molecule has 0 radical (unpaired) electrons. The van der Waals surface area contributed by atoms with E-state index >= 15 is 0 Å². The quantitative estimate of drug-likeness (QED) is 0.172. The van der Waals surface area contributed by atoms with Gasteiger partial charge in [0.15, 0.2) is 0 Å². The molecule has 8 aromatic rings. The van der Waals surface area contributed by atoms with Crippen LogP contribution in [0.3, 0.4) is 0 Å². The first-order valence-electron chi connectivity index (χ1n) is 19.5. The molecule has 2 fully saturated rings. The molecule has 2 heterocycles. The molecule has 2 heteroatoms. The van der Waals surface area contributed by atoms with Crippen LogP contribution in [0.4, 0.5) is 11.4 Å². The third-order valence-electron chi connectivity index (χ3n) is 12.4. The lowest BCUT2D eigenvalue weighted by atomic mass is 9.83. The summed E-state index contributed by atoms with van der Waals surface area (Å²) in [4.78, 5) is 5.24. The number of hydrogen-bond acceptors (Lipinski definition) is 2. The van der Waals surface area contributed by atoms with Crippen LogP contribution < -0.4 is 9.80 Å². The first-order valence-corrected chi connectivity index (χ1v) is 19.5. The molecule has 2 aliphatic heterocycles. The van der Waals surface area contributed by atoms with Crippen LogP contribution in [0.1, 0.15) is 38.5 Å². The second kappa shape index (κ2) is 12.0. The topological polar surface area (TPSA) is 6.48 Å². The lowest BCUT2D eigenvalue weighted by molar-refractivity contribution is 0.578. The first kappa shape index (κ1) is 30.1. The number of hydrogen-bond donors (Lipinski definition) is 0. The third kappa shape index (κ3) is 4.63. The van der Waals surface area contributed by atoms with E-state index in [0.717, 1.165) is 26.2 Å². The Bertz CT molecular complexity index is 2680. The van der Waals surface area contributed by atoms with Gasteiger partial charge >= 0.3 is 0 Å². The Labute approximate surface area is 305 Å². The van der Waals surface area contributed by atoms with Gasteiger partial charge in [-0.1, -0.05) is 103 Å². The van der Waals surface area contributed by atoms with Crippen LogP contribution in [0.5, 0.6) is 0 Å². The largest absolute Gasteiger partial charge is 0.372 e. The van der Waals surface area contributed by atoms with Crippen LogP contribution in [0.15, 0.2) is 133 Å². The van der Waals surface area contributed by atoms with Gasteiger partial charge in [-0.3, -0.25) is 0 Å². The van der Waals surface area contributed by atoms with Gasteiger partial charge < -0.3 is 9.80 Å². The van der Waals surface area contributed by atoms with Gasteiger partial charge in [-0.15, -0.1) is 0 Å². The Morgan fingerprint density at radius 2 is 0.885 bits per heavy atom. The molecule has 0 bridgehead atoms. The Kier molecular flexibility index (Phi) is 6.93. The predicted molar refractivity (Wildman–Crippen MR) is 224 cm³/mol. The van der Waals surface area contributed by atoms with Gasteiger partial charge in [-0.05, 0) is 156 Å². The van der Waals surface area contributed by atoms with Gasteiger partial charge in [0, 0.05) is 37.6 Å². The van der Waals surface area contributed by atoms with E-state index in [0.29, 0.717) is 0 Å². The van der Waals surface area contributed by atoms with Crippen LogP contribution in [0.25, 0.3) is 87.6 Å². The SMILES string of the molecule is c1ccc2c(c1)-c1cccc3c(-c4c5ccc(N6CCCCC6)cc5c(-c5ccc6ccccc6c5)c5ccc(N6CCCCC6)cc45)ccc-2c13. The van der Waals surface area contributed by atoms with E-state index in [1.54, 1.807) is 0 Å². The highest BCUT2D eigenvalue weighted by molar-refractivity contribution is 6.27. The Hall–Kier alpha value is -5.60. The van der Waals surface area contributed by atoms with Crippen molar-refractivity contribution >= 4 is 54.5 Å². The molecular weight excluding hydrogens is 629 g/mol. The molecule has 2 saturated heterocycles. The molecule has 0 atom stereocenters. The molecule has 3 aliphatic rings. The van der Waals surface area contributed by atoms with E-state index in [2.05, 4.69) is 143 Å². The molecule has 0 spiro atoms. The summed E-state index contributed by atoms with van der Waals surface area (Å²) >= 11 is 0. The van der Waals surface area contributed by atoms with Gasteiger partial charge in [-0.2, -0.15) is 0 Å². The molecule has 11 rings (SSSR count). The maximum absolute atomic E-state index is 2.62. The van der Waals surface area contributed by atoms with Gasteiger partial charge in [0.2, 0.25) is 0 Å². The zero-order valence-electron chi connectivity index (χ0n) is 29.7. The average Bonchev–Trinajstić information content (AvgIpc) is 3.55. The van der Waals surface area contributed by atoms with E-state index in [1.165, 1.54) is 137 Å². The molecule has 2 nitrogen and oxygen atoms in total. The number of anilines is 2. The van der Waals surface area contributed by atoms with Crippen molar-refractivity contribution in [3.8, 4) is 44.5 Å². The van der Waals surface area contributed by atoms with Crippen LogP contribution in [-0.4, -0.2) is 26.2 Å². The zero-order valence-corrected chi connectivity index (χ0v) is 29.7. The fourth-order valence-corrected chi connectivity index (χ4v) is 9.87. The van der Waals surface area contributed by atoms with Crippen LogP contribution in [0, 0.1) is 0 Å². The van der Waals surface area contributed by atoms with Crippen molar-refractivity contribution in [1.29, 1.82) is 0 Å². The van der Waals surface area contributed by atoms with E-state index in [1.807, 2.05) is 0 Å². The number of nitrogens with zero attached hydrogens (tertiary/aromatic N) is 2. The fourth-order valence-electron chi connectivity index (χ4n) is 9.87. The van der Waals surface area contributed by atoms with Crippen LogP contribution in [-0.2, 0) is 0 Å².